The minimum Gasteiger partial charge on any atom is -0.472 e. The van der Waals surface area contributed by atoms with E-state index in [1.807, 2.05) is 60.7 Å². The molecule has 13 heteroatoms. The first-order valence-corrected chi connectivity index (χ1v) is 20.3. The molecule has 54 heavy (non-hydrogen) atoms. The number of carbonyl (C=O) groups is 4. The van der Waals surface area contributed by atoms with E-state index < -0.39 is 62.6 Å². The van der Waals surface area contributed by atoms with E-state index in [2.05, 4.69) is 21.6 Å². The van der Waals surface area contributed by atoms with Gasteiger partial charge in [0.05, 0.1) is 30.7 Å². The number of hydrogen-bond donors (Lipinski definition) is 2. The highest BCUT2D eigenvalue weighted by Crippen LogP contribution is 2.46. The summed E-state index contributed by atoms with van der Waals surface area (Å²) in [7, 11) is -3.89. The lowest BCUT2D eigenvalue weighted by Gasteiger charge is -2.31. The zero-order valence-electron chi connectivity index (χ0n) is 29.9. The third kappa shape index (κ3) is 7.13. The van der Waals surface area contributed by atoms with E-state index in [4.69, 9.17) is 9.47 Å². The Hall–Kier alpha value is -5.04. The molecule has 3 amide bonds. The lowest BCUT2D eigenvalue weighted by atomic mass is 9.85. The Balaban J connectivity index is 1.13. The Morgan fingerprint density at radius 2 is 1.81 bits per heavy atom. The van der Waals surface area contributed by atoms with Crippen LogP contribution in [-0.2, 0) is 46.8 Å². The number of pyridine rings is 1. The van der Waals surface area contributed by atoms with Gasteiger partial charge in [-0.2, -0.15) is 0 Å². The van der Waals surface area contributed by atoms with Crippen molar-refractivity contribution in [1.82, 2.24) is 19.9 Å². The summed E-state index contributed by atoms with van der Waals surface area (Å²) in [6, 6.07) is 14.7. The molecule has 8 rings (SSSR count). The summed E-state index contributed by atoms with van der Waals surface area (Å²) in [4.78, 5) is 62.3. The SMILES string of the molecule is C=C[C@@H]1C[C@]1(NC(=O)[C@@H]1C[C@@H]2CN1C(=O)[C@H](C1Cc3ccccc3C1)CC(=O)OCCC/C=C/c1ccc3ccnc(c3c1)O2)C(=O)NS(=O)(=O)C1CC1. The predicted molar refractivity (Wildman–Crippen MR) is 200 cm³/mol. The van der Waals surface area contributed by atoms with Crippen molar-refractivity contribution >= 4 is 50.6 Å². The van der Waals surface area contributed by atoms with Crippen LogP contribution >= 0.6 is 0 Å². The average Bonchev–Trinajstić information content (AvgIpc) is 4.05. The van der Waals surface area contributed by atoms with Crippen LogP contribution in [0.25, 0.3) is 16.8 Å². The molecule has 4 bridgehead atoms. The number of fused-ring (bicyclic) bond motifs is 4. The van der Waals surface area contributed by atoms with Crippen molar-refractivity contribution in [3.8, 4) is 5.88 Å². The Morgan fingerprint density at radius 3 is 2.54 bits per heavy atom. The first-order chi connectivity index (χ1) is 26.0. The van der Waals surface area contributed by atoms with Crippen LogP contribution in [0.1, 0.15) is 61.6 Å². The van der Waals surface area contributed by atoms with Crippen molar-refractivity contribution in [2.75, 3.05) is 13.2 Å². The van der Waals surface area contributed by atoms with Gasteiger partial charge in [0.25, 0.3) is 5.91 Å². The number of nitrogens with zero attached hydrogens (tertiary/aromatic N) is 2. The number of carbonyl (C=O) groups excluding carboxylic acids is 4. The Bertz CT molecular complexity index is 2140. The summed E-state index contributed by atoms with van der Waals surface area (Å²) in [5.41, 5.74) is 1.64. The molecular weight excluding hydrogens is 709 g/mol. The molecule has 3 aliphatic carbocycles. The maximum absolute atomic E-state index is 14.9. The van der Waals surface area contributed by atoms with Gasteiger partial charge in [-0.3, -0.25) is 23.9 Å². The highest BCUT2D eigenvalue weighted by molar-refractivity contribution is 7.91. The van der Waals surface area contributed by atoms with Gasteiger partial charge in [0.1, 0.15) is 17.7 Å². The van der Waals surface area contributed by atoms with Crippen LogP contribution < -0.4 is 14.8 Å². The van der Waals surface area contributed by atoms with E-state index in [9.17, 15) is 27.6 Å². The Labute approximate surface area is 314 Å². The van der Waals surface area contributed by atoms with Gasteiger partial charge in [-0.05, 0) is 85.1 Å². The molecule has 0 unspecified atom stereocenters. The number of benzene rings is 2. The number of ether oxygens (including phenoxy) is 2. The predicted octanol–water partition coefficient (Wildman–Crippen LogP) is 4.02. The number of esters is 1. The maximum atomic E-state index is 14.9. The van der Waals surface area contributed by atoms with Gasteiger partial charge in [0.2, 0.25) is 27.7 Å². The van der Waals surface area contributed by atoms with Gasteiger partial charge < -0.3 is 19.7 Å². The van der Waals surface area contributed by atoms with Crippen LogP contribution in [0.5, 0.6) is 5.88 Å². The molecule has 3 fully saturated rings. The number of sulfonamides is 1. The first kappa shape index (κ1) is 36.0. The molecule has 2 N–H and O–H groups in total. The second-order valence-corrected chi connectivity index (χ2v) is 17.2. The molecule has 3 heterocycles. The zero-order chi connectivity index (χ0) is 37.6. The quantitative estimate of drug-likeness (QED) is 0.268. The van der Waals surface area contributed by atoms with Crippen molar-refractivity contribution in [3.63, 3.8) is 0 Å². The molecule has 0 spiro atoms. The third-order valence-corrected chi connectivity index (χ3v) is 13.4. The van der Waals surface area contributed by atoms with Gasteiger partial charge in [0, 0.05) is 23.9 Å². The number of hydrogen-bond acceptors (Lipinski definition) is 9. The maximum Gasteiger partial charge on any atom is 0.306 e. The van der Waals surface area contributed by atoms with Crippen LogP contribution in [0.4, 0.5) is 0 Å². The highest BCUT2D eigenvalue weighted by Gasteiger charge is 2.62. The van der Waals surface area contributed by atoms with Crippen LogP contribution in [-0.4, -0.2) is 78.1 Å². The summed E-state index contributed by atoms with van der Waals surface area (Å²) in [5.74, 6) is -3.43. The molecule has 282 valence electrons. The molecule has 2 saturated carbocycles. The molecule has 0 radical (unpaired) electrons. The largest absolute Gasteiger partial charge is 0.472 e. The monoisotopic (exact) mass is 752 g/mol. The number of rotatable bonds is 7. The lowest BCUT2D eigenvalue weighted by Crippen LogP contribution is -2.57. The van der Waals surface area contributed by atoms with E-state index in [0.717, 1.165) is 27.5 Å². The molecule has 12 nitrogen and oxygen atoms in total. The minimum absolute atomic E-state index is 0.0277. The van der Waals surface area contributed by atoms with Crippen molar-refractivity contribution in [3.05, 3.63) is 90.1 Å². The van der Waals surface area contributed by atoms with E-state index in [0.29, 0.717) is 44.4 Å². The second-order valence-electron chi connectivity index (χ2n) is 15.3. The van der Waals surface area contributed by atoms with Crippen molar-refractivity contribution in [1.29, 1.82) is 0 Å². The summed E-state index contributed by atoms with van der Waals surface area (Å²) in [6.45, 7) is 4.04. The van der Waals surface area contributed by atoms with Gasteiger partial charge in [-0.25, -0.2) is 13.4 Å². The molecule has 2 aromatic carbocycles. The fourth-order valence-corrected chi connectivity index (χ4v) is 9.66. The molecule has 5 aliphatic rings. The fourth-order valence-electron chi connectivity index (χ4n) is 8.30. The van der Waals surface area contributed by atoms with Crippen LogP contribution in [0.2, 0.25) is 0 Å². The van der Waals surface area contributed by atoms with Crippen LogP contribution in [0, 0.1) is 17.8 Å². The van der Waals surface area contributed by atoms with Crippen LogP contribution in [0.15, 0.2) is 73.5 Å². The number of amides is 3. The first-order valence-electron chi connectivity index (χ1n) is 18.8. The molecule has 1 aromatic heterocycles. The Morgan fingerprint density at radius 1 is 1.04 bits per heavy atom. The summed E-state index contributed by atoms with van der Waals surface area (Å²) in [6.07, 6.45) is 10.1. The van der Waals surface area contributed by atoms with E-state index in [1.54, 1.807) is 6.20 Å². The summed E-state index contributed by atoms with van der Waals surface area (Å²) >= 11 is 0. The number of nitrogens with one attached hydrogen (secondary N) is 2. The molecule has 2 aliphatic heterocycles. The van der Waals surface area contributed by atoms with Crippen molar-refractivity contribution < 1.29 is 37.1 Å². The third-order valence-electron chi connectivity index (χ3n) is 11.6. The number of allylic oxidation sites excluding steroid dienone is 1. The lowest BCUT2D eigenvalue weighted by molar-refractivity contribution is -0.152. The van der Waals surface area contributed by atoms with E-state index >= 15 is 0 Å². The average molecular weight is 753 g/mol. The Kier molecular flexibility index (Phi) is 9.53. The molecule has 3 aromatic rings. The van der Waals surface area contributed by atoms with Gasteiger partial charge in [-0.1, -0.05) is 54.6 Å². The van der Waals surface area contributed by atoms with E-state index in [-0.39, 0.29) is 44.2 Å². The summed E-state index contributed by atoms with van der Waals surface area (Å²) in [5, 5.41) is 3.92. The van der Waals surface area contributed by atoms with Gasteiger partial charge >= 0.3 is 5.97 Å². The topological polar surface area (TPSA) is 161 Å². The van der Waals surface area contributed by atoms with Crippen LogP contribution in [0.3, 0.4) is 0 Å². The molecular formula is C41H44N4O8S. The van der Waals surface area contributed by atoms with Gasteiger partial charge in [0.15, 0.2) is 0 Å². The standard InChI is InChI=1S/C41H44N4O8S/c1-2-30-23-41(30,40(49)44-54(50,51)32-13-14-32)43-37(47)35-21-31-24-45(35)39(48)34(29-19-27-9-5-6-10-28(27)20-29)22-36(46)52-17-7-3-4-8-25-11-12-26-15-16-42-38(53-31)33(26)18-25/h2,4-6,8-12,15-16,18,29-32,34-35H,1,3,7,13-14,17,19-24H2,(H,43,47)(H,44,49)/b8-4+/t30-,31-,34+,35+,41-/m1/s1. The summed E-state index contributed by atoms with van der Waals surface area (Å²) < 4.78 is 39.9. The smallest absolute Gasteiger partial charge is 0.306 e. The fraction of sp³-hybridized carbons (Fsp3) is 0.439. The number of cyclic esters (lactones) is 1. The minimum atomic E-state index is -3.89. The molecule has 1 saturated heterocycles. The second kappa shape index (κ2) is 14.3. The normalized spacial score (nSPS) is 28.0. The van der Waals surface area contributed by atoms with Crippen molar-refractivity contribution in [2.45, 2.75) is 80.7 Å². The number of aromatic nitrogens is 1. The zero-order valence-corrected chi connectivity index (χ0v) is 30.8. The van der Waals surface area contributed by atoms with E-state index in [1.165, 1.54) is 11.0 Å². The van der Waals surface area contributed by atoms with Gasteiger partial charge in [-0.15, -0.1) is 6.58 Å². The van der Waals surface area contributed by atoms with Crippen molar-refractivity contribution in [2.24, 2.45) is 17.8 Å². The molecule has 5 atom stereocenters. The highest BCUT2D eigenvalue weighted by atomic mass is 32.2.